The van der Waals surface area contributed by atoms with Crippen LogP contribution in [0, 0.1) is 0 Å². The van der Waals surface area contributed by atoms with Gasteiger partial charge in [-0.15, -0.1) is 0 Å². The molecule has 6 nitrogen and oxygen atoms in total. The third-order valence-corrected chi connectivity index (χ3v) is 3.42. The van der Waals surface area contributed by atoms with Crippen molar-refractivity contribution in [3.8, 4) is 5.75 Å². The maximum absolute atomic E-state index is 10.7. The van der Waals surface area contributed by atoms with Crippen molar-refractivity contribution < 1.29 is 14.1 Å². The van der Waals surface area contributed by atoms with Crippen LogP contribution in [-0.4, -0.2) is 16.0 Å². The summed E-state index contributed by atoms with van der Waals surface area (Å²) in [4.78, 5) is 14.9. The molecular weight excluding hydrogens is 362 g/mol. The van der Waals surface area contributed by atoms with Gasteiger partial charge in [0, 0.05) is 17.3 Å². The fourth-order valence-electron chi connectivity index (χ4n) is 1.58. The molecule has 2 aromatic rings. The van der Waals surface area contributed by atoms with Crippen LogP contribution < -0.4 is 10.5 Å². The third kappa shape index (κ3) is 4.44. The number of hydrogen-bond donors (Lipinski definition) is 1. The monoisotopic (exact) mass is 373 g/mol. The molecular formula is C13H13BrClN3O3. The van der Waals surface area contributed by atoms with Gasteiger partial charge >= 0.3 is 0 Å². The fraction of sp³-hybridized carbons (Fsp3) is 0.308. The summed E-state index contributed by atoms with van der Waals surface area (Å²) < 4.78 is 11.6. The molecule has 1 aromatic carbocycles. The lowest BCUT2D eigenvalue weighted by Gasteiger charge is -2.12. The van der Waals surface area contributed by atoms with Gasteiger partial charge in [-0.2, -0.15) is 4.98 Å². The van der Waals surface area contributed by atoms with E-state index in [1.54, 1.807) is 19.1 Å². The molecule has 0 aliphatic rings. The largest absolute Gasteiger partial charge is 0.481 e. The second-order valence-electron chi connectivity index (χ2n) is 4.35. The van der Waals surface area contributed by atoms with Crippen LogP contribution in [0.1, 0.15) is 31.2 Å². The SMILES string of the molecule is CC(Oc1ccc(Br)cc1Cl)c1noc(CCC(N)=O)n1. The Morgan fingerprint density at radius 3 is 3.00 bits per heavy atom. The number of primary amides is 1. The molecule has 1 heterocycles. The Morgan fingerprint density at radius 1 is 1.57 bits per heavy atom. The summed E-state index contributed by atoms with van der Waals surface area (Å²) in [6.45, 7) is 1.78. The number of carbonyl (C=O) groups excluding carboxylic acids is 1. The highest BCUT2D eigenvalue weighted by Gasteiger charge is 2.17. The highest BCUT2D eigenvalue weighted by molar-refractivity contribution is 9.10. The summed E-state index contributed by atoms with van der Waals surface area (Å²) >= 11 is 9.40. The lowest BCUT2D eigenvalue weighted by molar-refractivity contribution is -0.118. The number of rotatable bonds is 6. The zero-order valence-corrected chi connectivity index (χ0v) is 13.5. The number of hydrogen-bond acceptors (Lipinski definition) is 5. The zero-order valence-electron chi connectivity index (χ0n) is 11.2. The van der Waals surface area contributed by atoms with Crippen LogP contribution in [0.3, 0.4) is 0 Å². The minimum Gasteiger partial charge on any atom is -0.481 e. The van der Waals surface area contributed by atoms with Crippen molar-refractivity contribution >= 4 is 33.4 Å². The van der Waals surface area contributed by atoms with Crippen LogP contribution >= 0.6 is 27.5 Å². The number of halogens is 2. The Balaban J connectivity index is 2.03. The molecule has 0 spiro atoms. The van der Waals surface area contributed by atoms with Crippen LogP contribution in [0.15, 0.2) is 27.2 Å². The molecule has 112 valence electrons. The normalized spacial score (nSPS) is 12.1. The molecule has 0 saturated carbocycles. The van der Waals surface area contributed by atoms with E-state index >= 15 is 0 Å². The van der Waals surface area contributed by atoms with Gasteiger partial charge < -0.3 is 15.0 Å². The van der Waals surface area contributed by atoms with Gasteiger partial charge in [-0.3, -0.25) is 4.79 Å². The summed E-state index contributed by atoms with van der Waals surface area (Å²) in [5.74, 6) is 0.839. The molecule has 0 saturated heterocycles. The summed E-state index contributed by atoms with van der Waals surface area (Å²) in [5.41, 5.74) is 5.07. The van der Waals surface area contributed by atoms with E-state index in [2.05, 4.69) is 26.1 Å². The van der Waals surface area contributed by atoms with Gasteiger partial charge in [0.1, 0.15) is 5.75 Å². The highest BCUT2D eigenvalue weighted by Crippen LogP contribution is 2.30. The maximum atomic E-state index is 10.7. The number of benzene rings is 1. The quantitative estimate of drug-likeness (QED) is 0.839. The van der Waals surface area contributed by atoms with Gasteiger partial charge in [0.05, 0.1) is 5.02 Å². The average Bonchev–Trinajstić information content (AvgIpc) is 2.88. The maximum Gasteiger partial charge on any atom is 0.227 e. The van der Waals surface area contributed by atoms with Crippen LogP contribution in [0.25, 0.3) is 0 Å². The van der Waals surface area contributed by atoms with E-state index in [9.17, 15) is 4.79 Å². The van der Waals surface area contributed by atoms with Crippen LogP contribution in [0.2, 0.25) is 5.02 Å². The van der Waals surface area contributed by atoms with Gasteiger partial charge in [0.15, 0.2) is 6.10 Å². The summed E-state index contributed by atoms with van der Waals surface area (Å²) in [5, 5.41) is 4.30. The van der Waals surface area contributed by atoms with Crippen molar-refractivity contribution in [3.05, 3.63) is 39.4 Å². The first-order valence-corrected chi connectivity index (χ1v) is 7.35. The van der Waals surface area contributed by atoms with Crippen molar-refractivity contribution in [1.82, 2.24) is 10.1 Å². The highest BCUT2D eigenvalue weighted by atomic mass is 79.9. The standard InChI is InChI=1S/C13H13BrClN3O3/c1-7(20-10-3-2-8(14)6-9(10)15)13-17-12(21-18-13)5-4-11(16)19/h2-3,6-7H,4-5H2,1H3,(H2,16,19). The molecule has 8 heteroatoms. The predicted molar refractivity (Wildman–Crippen MR) is 80.0 cm³/mol. The number of carbonyl (C=O) groups is 1. The van der Waals surface area contributed by atoms with Crippen LogP contribution in [-0.2, 0) is 11.2 Å². The van der Waals surface area contributed by atoms with E-state index in [0.29, 0.717) is 28.9 Å². The molecule has 21 heavy (non-hydrogen) atoms. The van der Waals surface area contributed by atoms with E-state index in [-0.39, 0.29) is 6.42 Å². The fourth-order valence-corrected chi connectivity index (χ4v) is 2.30. The zero-order chi connectivity index (χ0) is 15.4. The van der Waals surface area contributed by atoms with Crippen molar-refractivity contribution in [3.63, 3.8) is 0 Å². The number of aryl methyl sites for hydroxylation is 1. The molecule has 0 aliphatic carbocycles. The number of amides is 1. The first-order valence-electron chi connectivity index (χ1n) is 6.18. The van der Waals surface area contributed by atoms with Crippen LogP contribution in [0.5, 0.6) is 5.75 Å². The van der Waals surface area contributed by atoms with Crippen molar-refractivity contribution in [1.29, 1.82) is 0 Å². The molecule has 1 atom stereocenters. The van der Waals surface area contributed by atoms with Crippen molar-refractivity contribution in [2.75, 3.05) is 0 Å². The summed E-state index contributed by atoms with van der Waals surface area (Å²) in [6, 6.07) is 5.30. The summed E-state index contributed by atoms with van der Waals surface area (Å²) in [6.07, 6.45) is 0.0403. The van der Waals surface area contributed by atoms with E-state index in [1.807, 2.05) is 6.07 Å². The van der Waals surface area contributed by atoms with Crippen LogP contribution in [0.4, 0.5) is 0 Å². The minimum absolute atomic E-state index is 0.162. The van der Waals surface area contributed by atoms with E-state index in [4.69, 9.17) is 26.6 Å². The first-order chi connectivity index (χ1) is 9.95. The number of nitrogens with two attached hydrogens (primary N) is 1. The molecule has 0 aliphatic heterocycles. The van der Waals surface area contributed by atoms with Gasteiger partial charge in [-0.25, -0.2) is 0 Å². The lowest BCUT2D eigenvalue weighted by atomic mass is 10.3. The van der Waals surface area contributed by atoms with Gasteiger partial charge in [0.2, 0.25) is 17.6 Å². The van der Waals surface area contributed by atoms with Gasteiger partial charge in [0.25, 0.3) is 0 Å². The molecule has 0 bridgehead atoms. The lowest BCUT2D eigenvalue weighted by Crippen LogP contribution is -2.11. The predicted octanol–water partition coefficient (Wildman–Crippen LogP) is 3.04. The topological polar surface area (TPSA) is 91.2 Å². The van der Waals surface area contributed by atoms with E-state index < -0.39 is 12.0 Å². The molecule has 2 rings (SSSR count). The Morgan fingerprint density at radius 2 is 2.33 bits per heavy atom. The van der Waals surface area contributed by atoms with Gasteiger partial charge in [-0.05, 0) is 25.1 Å². The molecule has 1 aromatic heterocycles. The van der Waals surface area contributed by atoms with E-state index in [0.717, 1.165) is 4.47 Å². The Bertz CT molecular complexity index is 647. The number of nitrogens with zero attached hydrogens (tertiary/aromatic N) is 2. The van der Waals surface area contributed by atoms with Crippen molar-refractivity contribution in [2.45, 2.75) is 25.9 Å². The third-order valence-electron chi connectivity index (χ3n) is 2.63. The Kier molecular flexibility index (Phi) is 5.19. The summed E-state index contributed by atoms with van der Waals surface area (Å²) in [7, 11) is 0. The molecule has 0 radical (unpaired) electrons. The molecule has 1 unspecified atom stereocenters. The minimum atomic E-state index is -0.435. The smallest absolute Gasteiger partial charge is 0.227 e. The molecule has 2 N–H and O–H groups in total. The second kappa shape index (κ2) is 6.91. The average molecular weight is 375 g/mol. The Hall–Kier alpha value is -1.60. The van der Waals surface area contributed by atoms with Crippen molar-refractivity contribution in [2.24, 2.45) is 5.73 Å². The number of ether oxygens (including phenoxy) is 1. The molecule has 1 amide bonds. The number of aromatic nitrogens is 2. The molecule has 0 fully saturated rings. The Labute approximate surface area is 134 Å². The first kappa shape index (κ1) is 15.8. The van der Waals surface area contributed by atoms with E-state index in [1.165, 1.54) is 0 Å². The second-order valence-corrected chi connectivity index (χ2v) is 5.67. The van der Waals surface area contributed by atoms with Gasteiger partial charge in [-0.1, -0.05) is 32.7 Å².